The minimum Gasteiger partial charge on any atom is -0.450 e. The first kappa shape index (κ1) is 25.2. The second kappa shape index (κ2) is 10.4. The Hall–Kier alpha value is -2.93. The number of ether oxygens (including phenoxy) is 1. The highest BCUT2D eigenvalue weighted by Gasteiger charge is 2.30. The minimum absolute atomic E-state index is 0.103. The average molecular weight is 494 g/mol. The number of thiophene rings is 1. The monoisotopic (exact) mass is 493 g/mol. The van der Waals surface area contributed by atoms with E-state index in [1.165, 1.54) is 22.6 Å². The molecule has 0 radical (unpaired) electrons. The van der Waals surface area contributed by atoms with Crippen LogP contribution >= 0.6 is 11.3 Å². The molecular weight excluding hydrogens is 458 g/mol. The van der Waals surface area contributed by atoms with Crippen LogP contribution in [0.5, 0.6) is 0 Å². The van der Waals surface area contributed by atoms with Crippen LogP contribution in [0, 0.1) is 11.3 Å². The van der Waals surface area contributed by atoms with Crippen molar-refractivity contribution in [2.75, 3.05) is 11.9 Å². The molecule has 35 heavy (non-hydrogen) atoms. The number of hydrogen-bond acceptors (Lipinski definition) is 5. The second-order valence-corrected chi connectivity index (χ2v) is 11.3. The van der Waals surface area contributed by atoms with Gasteiger partial charge in [0.05, 0.1) is 17.5 Å². The SMILES string of the molecule is CCOC(=O)Nc1cccc([C@@H](CC)NC(=O)c2cc3cc4c(nc3s2)CCC(C(C)(C)C)C4)c1. The zero-order chi connectivity index (χ0) is 25.2. The maximum absolute atomic E-state index is 13.2. The molecular formula is C28H35N3O3S. The molecule has 0 spiro atoms. The van der Waals surface area contributed by atoms with E-state index in [4.69, 9.17) is 9.72 Å². The Labute approximate surface area is 211 Å². The van der Waals surface area contributed by atoms with Gasteiger partial charge in [-0.25, -0.2) is 9.78 Å². The van der Waals surface area contributed by atoms with E-state index >= 15 is 0 Å². The summed E-state index contributed by atoms with van der Waals surface area (Å²) in [5.41, 5.74) is 4.36. The fourth-order valence-corrected chi connectivity index (χ4v) is 5.68. The fourth-order valence-electron chi connectivity index (χ4n) is 4.74. The average Bonchev–Trinajstić information content (AvgIpc) is 3.23. The molecule has 1 unspecified atom stereocenters. The van der Waals surface area contributed by atoms with Gasteiger partial charge in [0, 0.05) is 16.8 Å². The molecule has 2 N–H and O–H groups in total. The fraction of sp³-hybridized carbons (Fsp3) is 0.464. The number of carbonyl (C=O) groups excluding carboxylic acids is 2. The van der Waals surface area contributed by atoms with Crippen molar-refractivity contribution in [3.63, 3.8) is 0 Å². The smallest absolute Gasteiger partial charge is 0.411 e. The van der Waals surface area contributed by atoms with Crippen molar-refractivity contribution >= 4 is 39.2 Å². The predicted molar refractivity (Wildman–Crippen MR) is 142 cm³/mol. The third-order valence-electron chi connectivity index (χ3n) is 6.85. The van der Waals surface area contributed by atoms with Gasteiger partial charge in [0.15, 0.2) is 0 Å². The summed E-state index contributed by atoms with van der Waals surface area (Å²) in [4.78, 5) is 31.5. The first-order valence-electron chi connectivity index (χ1n) is 12.4. The number of amides is 2. The first-order chi connectivity index (χ1) is 16.7. The molecule has 1 aromatic carbocycles. The first-order valence-corrected chi connectivity index (χ1v) is 13.3. The molecule has 186 valence electrons. The highest BCUT2D eigenvalue weighted by Crippen LogP contribution is 2.38. The second-order valence-electron chi connectivity index (χ2n) is 10.3. The van der Waals surface area contributed by atoms with Crippen molar-refractivity contribution in [3.05, 3.63) is 58.1 Å². The lowest BCUT2D eigenvalue weighted by molar-refractivity contribution is 0.0939. The summed E-state index contributed by atoms with van der Waals surface area (Å²) in [7, 11) is 0. The van der Waals surface area contributed by atoms with Gasteiger partial charge < -0.3 is 10.1 Å². The molecule has 0 aliphatic heterocycles. The summed E-state index contributed by atoms with van der Waals surface area (Å²) in [6, 6.07) is 11.5. The molecule has 0 fully saturated rings. The summed E-state index contributed by atoms with van der Waals surface area (Å²) < 4.78 is 4.96. The van der Waals surface area contributed by atoms with E-state index in [-0.39, 0.29) is 17.4 Å². The highest BCUT2D eigenvalue weighted by atomic mass is 32.1. The molecule has 0 saturated heterocycles. The Balaban J connectivity index is 1.51. The van der Waals surface area contributed by atoms with E-state index in [0.29, 0.717) is 23.1 Å². The Kier molecular flexibility index (Phi) is 7.45. The molecule has 0 saturated carbocycles. The van der Waals surface area contributed by atoms with Crippen LogP contribution in [-0.2, 0) is 17.6 Å². The molecule has 6 nitrogen and oxygen atoms in total. The molecule has 1 aliphatic rings. The summed E-state index contributed by atoms with van der Waals surface area (Å²) in [5.74, 6) is 0.546. The zero-order valence-corrected chi connectivity index (χ0v) is 22.1. The molecule has 4 rings (SSSR count). The molecule has 2 amide bonds. The van der Waals surface area contributed by atoms with Crippen LogP contribution in [0.4, 0.5) is 10.5 Å². The standard InChI is InChI=1S/C28H35N3O3S/c1-6-22(17-9-8-10-21(15-17)29-27(33)34-7-2)30-25(32)24-16-19-13-18-14-20(28(3,4)5)11-12-23(18)31-26(19)35-24/h8-10,13,15-16,20,22H,6-7,11-12,14H2,1-5H3,(H,29,33)(H,30,32)/t20?,22-/m1/s1. The lowest BCUT2D eigenvalue weighted by Crippen LogP contribution is -2.27. The Morgan fingerprint density at radius 3 is 2.71 bits per heavy atom. The van der Waals surface area contributed by atoms with E-state index in [0.717, 1.165) is 41.5 Å². The van der Waals surface area contributed by atoms with E-state index in [1.807, 2.05) is 31.2 Å². The van der Waals surface area contributed by atoms with Crippen molar-refractivity contribution in [1.82, 2.24) is 10.3 Å². The number of aryl methyl sites for hydroxylation is 1. The number of anilines is 1. The van der Waals surface area contributed by atoms with Gasteiger partial charge in [0.25, 0.3) is 5.91 Å². The van der Waals surface area contributed by atoms with Gasteiger partial charge in [-0.2, -0.15) is 0 Å². The van der Waals surface area contributed by atoms with E-state index in [2.05, 4.69) is 37.5 Å². The molecule has 2 heterocycles. The maximum atomic E-state index is 13.2. The highest BCUT2D eigenvalue weighted by molar-refractivity contribution is 7.20. The quantitative estimate of drug-likeness (QED) is 0.391. The number of rotatable bonds is 6. The number of carbonyl (C=O) groups is 2. The van der Waals surface area contributed by atoms with Crippen molar-refractivity contribution in [2.45, 2.75) is 66.3 Å². The third-order valence-corrected chi connectivity index (χ3v) is 7.89. The van der Waals surface area contributed by atoms with E-state index in [1.54, 1.807) is 13.0 Å². The van der Waals surface area contributed by atoms with Crippen LogP contribution < -0.4 is 10.6 Å². The number of aromatic nitrogens is 1. The zero-order valence-electron chi connectivity index (χ0n) is 21.2. The predicted octanol–water partition coefficient (Wildman–Crippen LogP) is 6.90. The number of nitrogens with zero attached hydrogens (tertiary/aromatic N) is 1. The van der Waals surface area contributed by atoms with Crippen LogP contribution in [0.1, 0.15) is 80.0 Å². The third kappa shape index (κ3) is 5.84. The van der Waals surface area contributed by atoms with Crippen molar-refractivity contribution in [2.24, 2.45) is 11.3 Å². The summed E-state index contributed by atoms with van der Waals surface area (Å²) in [5, 5.41) is 6.93. The number of benzene rings is 1. The van der Waals surface area contributed by atoms with Crippen LogP contribution in [0.15, 0.2) is 36.4 Å². The van der Waals surface area contributed by atoms with Gasteiger partial charge in [-0.3, -0.25) is 10.1 Å². The van der Waals surface area contributed by atoms with Gasteiger partial charge in [-0.05, 0) is 79.3 Å². The normalized spacial score (nSPS) is 16.4. The lowest BCUT2D eigenvalue weighted by Gasteiger charge is -2.34. The van der Waals surface area contributed by atoms with Crippen LogP contribution in [-0.4, -0.2) is 23.6 Å². The number of nitrogens with one attached hydrogen (secondary N) is 2. The molecule has 1 aliphatic carbocycles. The Bertz CT molecular complexity index is 1230. The van der Waals surface area contributed by atoms with Gasteiger partial charge in [0.1, 0.15) is 4.83 Å². The van der Waals surface area contributed by atoms with Crippen LogP contribution in [0.3, 0.4) is 0 Å². The topological polar surface area (TPSA) is 80.3 Å². The van der Waals surface area contributed by atoms with Crippen molar-refractivity contribution < 1.29 is 14.3 Å². The van der Waals surface area contributed by atoms with Gasteiger partial charge in [-0.15, -0.1) is 11.3 Å². The summed E-state index contributed by atoms with van der Waals surface area (Å²) >= 11 is 1.45. The lowest BCUT2D eigenvalue weighted by atomic mass is 9.71. The summed E-state index contributed by atoms with van der Waals surface area (Å²) in [6.45, 7) is 11.0. The largest absolute Gasteiger partial charge is 0.450 e. The molecule has 2 aromatic heterocycles. The molecule has 7 heteroatoms. The molecule has 2 atom stereocenters. The van der Waals surface area contributed by atoms with Crippen molar-refractivity contribution in [3.8, 4) is 0 Å². The molecule has 3 aromatic rings. The van der Waals surface area contributed by atoms with Crippen LogP contribution in [0.25, 0.3) is 10.2 Å². The summed E-state index contributed by atoms with van der Waals surface area (Å²) in [6.07, 6.45) is 3.44. The van der Waals surface area contributed by atoms with Gasteiger partial charge in [-0.1, -0.05) is 39.8 Å². The Morgan fingerprint density at radius 2 is 2.00 bits per heavy atom. The van der Waals surface area contributed by atoms with E-state index in [9.17, 15) is 9.59 Å². The molecule has 0 bridgehead atoms. The van der Waals surface area contributed by atoms with E-state index < -0.39 is 6.09 Å². The number of hydrogen-bond donors (Lipinski definition) is 2. The number of fused-ring (bicyclic) bond motifs is 2. The van der Waals surface area contributed by atoms with Crippen molar-refractivity contribution in [1.29, 1.82) is 0 Å². The van der Waals surface area contributed by atoms with Gasteiger partial charge in [0.2, 0.25) is 0 Å². The minimum atomic E-state index is -0.490. The van der Waals surface area contributed by atoms with Gasteiger partial charge >= 0.3 is 6.09 Å². The number of pyridine rings is 1. The Morgan fingerprint density at radius 1 is 1.20 bits per heavy atom. The van der Waals surface area contributed by atoms with Crippen LogP contribution in [0.2, 0.25) is 0 Å². The maximum Gasteiger partial charge on any atom is 0.411 e.